The molecule has 2 aliphatic rings. The number of halogens is 5. The fourth-order valence-corrected chi connectivity index (χ4v) is 8.17. The highest BCUT2D eigenvalue weighted by atomic mass is 35.5. The number of hydrazone groups is 2. The van der Waals surface area contributed by atoms with Gasteiger partial charge in [0.05, 0.1) is 49.8 Å². The Hall–Kier alpha value is -6.33. The number of benzene rings is 6. The summed E-state index contributed by atoms with van der Waals surface area (Å²) in [6.07, 6.45) is -1.89. The maximum absolute atomic E-state index is 12.1. The second kappa shape index (κ2) is 27.1. The van der Waals surface area contributed by atoms with Crippen LogP contribution in [0.2, 0.25) is 20.1 Å². The Bertz CT molecular complexity index is 2870. The van der Waals surface area contributed by atoms with Crippen molar-refractivity contribution in [1.29, 1.82) is 0 Å². The van der Waals surface area contributed by atoms with E-state index in [0.29, 0.717) is 57.5 Å². The van der Waals surface area contributed by atoms with Gasteiger partial charge < -0.3 is 32.7 Å². The van der Waals surface area contributed by atoms with E-state index >= 15 is 0 Å². The highest BCUT2D eigenvalue weighted by molar-refractivity contribution is 6.64. The van der Waals surface area contributed by atoms with Crippen LogP contribution in [-0.2, 0) is 22.7 Å². The van der Waals surface area contributed by atoms with Crippen molar-refractivity contribution in [2.24, 2.45) is 37.4 Å². The molecule has 0 spiro atoms. The topological polar surface area (TPSA) is 221 Å². The molecule has 0 fully saturated rings. The van der Waals surface area contributed by atoms with E-state index in [2.05, 4.69) is 34.6 Å². The molecule has 0 bridgehead atoms. The van der Waals surface area contributed by atoms with Gasteiger partial charge in [-0.2, -0.15) is 10.2 Å². The highest BCUT2D eigenvalue weighted by Gasteiger charge is 2.34. The van der Waals surface area contributed by atoms with Gasteiger partial charge in [-0.05, 0) is 107 Å². The number of primary amides is 2. The maximum Gasteiger partial charge on any atom is 0.242 e. The van der Waals surface area contributed by atoms with Crippen LogP contribution in [0, 0.1) is 0 Å². The first-order valence-corrected chi connectivity index (χ1v) is 24.9. The molecule has 0 radical (unpaired) electrons. The van der Waals surface area contributed by atoms with E-state index in [-0.39, 0.29) is 11.8 Å². The van der Waals surface area contributed by atoms with Crippen molar-refractivity contribution in [3.63, 3.8) is 0 Å². The van der Waals surface area contributed by atoms with Gasteiger partial charge in [-0.25, -0.2) is 15.0 Å². The summed E-state index contributed by atoms with van der Waals surface area (Å²) in [6.45, 7) is 4.79. The number of nitrogens with two attached hydrogens (primary N) is 3. The molecule has 0 saturated carbocycles. The molecule has 2 heterocycles. The number of amides is 2. The first-order valence-electron chi connectivity index (χ1n) is 23.0. The smallest absolute Gasteiger partial charge is 0.242 e. The quantitative estimate of drug-likeness (QED) is 0.0372. The number of amidine groups is 1. The molecule has 6 aromatic carbocycles. The summed E-state index contributed by atoms with van der Waals surface area (Å²) < 4.78 is 0. The summed E-state index contributed by atoms with van der Waals surface area (Å²) in [5.74, 6) is -1.00. The monoisotopic (exact) mass is 1080 g/mol. The third-order valence-electron chi connectivity index (χ3n) is 11.5. The van der Waals surface area contributed by atoms with E-state index in [1.165, 1.54) is 19.4 Å². The lowest BCUT2D eigenvalue weighted by molar-refractivity contribution is -0.122. The minimum atomic E-state index is -1.04. The Balaban J connectivity index is 0.000000210. The van der Waals surface area contributed by atoms with Gasteiger partial charge in [-0.3, -0.25) is 14.6 Å². The molecule has 2 aliphatic heterocycles. The zero-order valence-electron chi connectivity index (χ0n) is 39.8. The first kappa shape index (κ1) is 56.0. The average Bonchev–Trinajstić information content (AvgIpc) is 4.04. The van der Waals surface area contributed by atoms with Crippen LogP contribution >= 0.6 is 58.0 Å². The average molecular weight is 1090 g/mol. The molecule has 2 amide bonds. The van der Waals surface area contributed by atoms with Crippen LogP contribution in [-0.4, -0.2) is 92.1 Å². The molecule has 0 aliphatic carbocycles. The fraction of sp³-hybridized carbons (Fsp3) is 0.222. The van der Waals surface area contributed by atoms with Crippen molar-refractivity contribution in [2.45, 2.75) is 63.1 Å². The normalized spacial score (nSPS) is 17.2. The van der Waals surface area contributed by atoms with Crippen LogP contribution in [0.1, 0.15) is 59.1 Å². The number of carbonyl (C=O) groups is 2. The zero-order chi connectivity index (χ0) is 52.6. The molecular weight excluding hydrogens is 1030 g/mol. The summed E-state index contributed by atoms with van der Waals surface area (Å²) in [6, 6.07) is 48.5. The molecule has 0 saturated heterocycles. The lowest BCUT2D eigenvalue weighted by Gasteiger charge is -2.25. The second-order valence-electron chi connectivity index (χ2n) is 17.0. The molecule has 14 nitrogen and oxygen atoms in total. The summed E-state index contributed by atoms with van der Waals surface area (Å²) in [5.41, 5.74) is 23.3. The van der Waals surface area contributed by atoms with Crippen LogP contribution in [0.4, 0.5) is 0 Å². The number of rotatable bonds is 13. The largest absolute Gasteiger partial charge is 0.391 e. The summed E-state index contributed by atoms with van der Waals surface area (Å²) in [5, 5.41) is 38.0. The number of aliphatic imine (C=N–C) groups is 2. The molecule has 0 aromatic heterocycles. The van der Waals surface area contributed by atoms with Crippen molar-refractivity contribution in [3.05, 3.63) is 211 Å². The number of hydrogen-bond donors (Lipinski definition) is 6. The van der Waals surface area contributed by atoms with Gasteiger partial charge in [-0.15, -0.1) is 0 Å². The van der Waals surface area contributed by atoms with Crippen molar-refractivity contribution in [1.82, 2.24) is 15.3 Å². The number of carbonyl (C=O) groups excluding carboxylic acids is 2. The van der Waals surface area contributed by atoms with Gasteiger partial charge in [0, 0.05) is 31.9 Å². The van der Waals surface area contributed by atoms with E-state index in [9.17, 15) is 14.7 Å². The number of aliphatic hydroxyl groups is 2. The van der Waals surface area contributed by atoms with E-state index in [1.807, 2.05) is 121 Å². The van der Waals surface area contributed by atoms with Crippen LogP contribution in [0.15, 0.2) is 178 Å². The van der Waals surface area contributed by atoms with E-state index in [1.54, 1.807) is 22.2 Å². The molecule has 380 valence electrons. The van der Waals surface area contributed by atoms with Gasteiger partial charge in [0.2, 0.25) is 23.1 Å². The van der Waals surface area contributed by atoms with Crippen molar-refractivity contribution < 1.29 is 19.8 Å². The maximum atomic E-state index is 12.1. The Morgan fingerprint density at radius 3 is 1.34 bits per heavy atom. The van der Waals surface area contributed by atoms with Crippen LogP contribution in [0.5, 0.6) is 0 Å². The van der Waals surface area contributed by atoms with E-state index < -0.39 is 36.1 Å². The fourth-order valence-electron chi connectivity index (χ4n) is 7.50. The van der Waals surface area contributed by atoms with E-state index in [4.69, 9.17) is 95.5 Å². The molecule has 8 rings (SSSR count). The standard InChI is InChI=1S/C27H27Cl2N5O2.C23H18Cl3N3.C4H10N2O2/c1-17(35)24(26(30)36)32-27(31-15-18-7-11-21(28)12-8-18)34-16-23(19-5-3-2-4-6-19)25(33-34)20-9-13-22(29)14-10-20;24-19-10-6-16(7-11-19)14-27-23(26)29-15-21(17-4-2-1-3-5-17)22(28-29)18-8-12-20(25)13-9-18;1-2(7)3(5)4(6)8/h2-14,17,23-24,35H,15-16H2,1H3,(H2,30,36)(H,31,32);1-13,21H,14-15H2;2-3,7H,5H2,1H3,(H2,6,8). The zero-order valence-corrected chi connectivity index (χ0v) is 43.6. The number of nitrogens with zero attached hydrogens (tertiary/aromatic N) is 6. The van der Waals surface area contributed by atoms with Gasteiger partial charge in [0.15, 0.2) is 0 Å². The molecule has 6 unspecified atom stereocenters. The lowest BCUT2D eigenvalue weighted by atomic mass is 9.91. The third kappa shape index (κ3) is 16.3. The Kier molecular flexibility index (Phi) is 20.8. The Labute approximate surface area is 449 Å². The minimum Gasteiger partial charge on any atom is -0.391 e. The minimum absolute atomic E-state index is 0.0616. The summed E-state index contributed by atoms with van der Waals surface area (Å²) in [4.78, 5) is 31.4. The van der Waals surface area contributed by atoms with Crippen LogP contribution in [0.25, 0.3) is 0 Å². The SMILES string of the molecule is CC(O)C(N)C(N)=O.CC(O)C(NC(=NCc1ccc(Cl)cc1)N1CC(c2ccccc2)C(c2ccc(Cl)cc2)=N1)C(N)=O.ClC(=NCc1ccc(Cl)cc1)N1CC(c2ccccc2)C(c2ccc(Cl)cc2)=N1. The van der Waals surface area contributed by atoms with Crippen molar-refractivity contribution in [3.8, 4) is 0 Å². The number of aliphatic hydroxyl groups excluding tert-OH is 2. The molecule has 6 aromatic rings. The molecule has 73 heavy (non-hydrogen) atoms. The molecule has 9 N–H and O–H groups in total. The van der Waals surface area contributed by atoms with Gasteiger partial charge in [-0.1, -0.05) is 156 Å². The third-order valence-corrected chi connectivity index (χ3v) is 12.8. The molecule has 6 atom stereocenters. The van der Waals surface area contributed by atoms with Gasteiger partial charge in [0.25, 0.3) is 0 Å². The predicted molar refractivity (Wildman–Crippen MR) is 295 cm³/mol. The van der Waals surface area contributed by atoms with Gasteiger partial charge in [0.1, 0.15) is 12.1 Å². The molecule has 19 heteroatoms. The number of guanidine groups is 1. The highest BCUT2D eigenvalue weighted by Crippen LogP contribution is 2.32. The summed E-state index contributed by atoms with van der Waals surface area (Å²) in [7, 11) is 0. The van der Waals surface area contributed by atoms with E-state index in [0.717, 1.165) is 39.2 Å². The lowest BCUT2D eigenvalue weighted by Crippen LogP contribution is -2.54. The van der Waals surface area contributed by atoms with Crippen molar-refractivity contribution in [2.75, 3.05) is 13.1 Å². The second-order valence-corrected chi connectivity index (χ2v) is 19.1. The molecular formula is C54H55Cl5N10O4. The summed E-state index contributed by atoms with van der Waals surface area (Å²) >= 11 is 30.7. The van der Waals surface area contributed by atoms with Crippen LogP contribution < -0.4 is 22.5 Å². The number of hydrogen-bond acceptors (Lipinski definition) is 9. The van der Waals surface area contributed by atoms with Crippen LogP contribution in [0.3, 0.4) is 0 Å². The van der Waals surface area contributed by atoms with Crippen molar-refractivity contribution >= 4 is 92.5 Å². The Morgan fingerprint density at radius 1 is 0.589 bits per heavy atom. The predicted octanol–water partition coefficient (Wildman–Crippen LogP) is 8.95. The Morgan fingerprint density at radius 2 is 0.973 bits per heavy atom. The van der Waals surface area contributed by atoms with Gasteiger partial charge >= 0.3 is 0 Å². The first-order chi connectivity index (χ1) is 35.0. The number of nitrogens with one attached hydrogen (secondary N) is 1.